The van der Waals surface area contributed by atoms with E-state index in [0.29, 0.717) is 5.56 Å². The zero-order chi connectivity index (χ0) is 16.1. The van der Waals surface area contributed by atoms with Gasteiger partial charge in [-0.15, -0.1) is 0 Å². The minimum absolute atomic E-state index is 0.616. The maximum Gasteiger partial charge on any atom is 0.134 e. The van der Waals surface area contributed by atoms with Gasteiger partial charge in [0.05, 0.1) is 25.0 Å². The molecular weight excluding hydrogens is 288 g/mol. The number of benzene rings is 2. The smallest absolute Gasteiger partial charge is 0.134 e. The Kier molecular flexibility index (Phi) is 4.60. The fraction of sp³-hybridized carbons (Fsp3) is 0.211. The van der Waals surface area contributed by atoms with Crippen LogP contribution in [-0.4, -0.2) is 13.7 Å². The molecule has 0 aliphatic carbocycles. The van der Waals surface area contributed by atoms with E-state index in [1.54, 1.807) is 19.4 Å². The molecule has 116 valence electrons. The van der Waals surface area contributed by atoms with Crippen LogP contribution < -0.4 is 10.1 Å². The van der Waals surface area contributed by atoms with Crippen molar-refractivity contribution in [2.75, 3.05) is 13.7 Å². The van der Waals surface area contributed by atoms with Crippen LogP contribution in [0.2, 0.25) is 0 Å². The van der Waals surface area contributed by atoms with Crippen molar-refractivity contribution in [1.82, 2.24) is 5.32 Å². The van der Waals surface area contributed by atoms with Crippen molar-refractivity contribution < 1.29 is 9.15 Å². The summed E-state index contributed by atoms with van der Waals surface area (Å²) in [6.07, 6.45) is 2.56. The summed E-state index contributed by atoms with van der Waals surface area (Å²) < 4.78 is 10.8. The maximum absolute atomic E-state index is 8.93. The summed E-state index contributed by atoms with van der Waals surface area (Å²) in [7, 11) is 1.63. The number of rotatable bonds is 6. The molecule has 0 bridgehead atoms. The van der Waals surface area contributed by atoms with Gasteiger partial charge in [-0.05, 0) is 48.4 Å². The number of nitrogens with one attached hydrogen (secondary N) is 1. The van der Waals surface area contributed by atoms with Crippen LogP contribution in [0, 0.1) is 11.3 Å². The standard InChI is InChI=1S/C19H18N2O2/c1-22-19-11-14(12-20)5-6-15(19)7-9-21-13-16-3-2-4-18-17(16)8-10-23-18/h2-6,8,10-11,21H,7,9,13H2,1H3. The molecule has 0 radical (unpaired) electrons. The topological polar surface area (TPSA) is 58.2 Å². The normalized spacial score (nSPS) is 10.6. The molecule has 1 aromatic heterocycles. The van der Waals surface area contributed by atoms with Crippen molar-refractivity contribution in [2.24, 2.45) is 0 Å². The number of ether oxygens (including phenoxy) is 1. The lowest BCUT2D eigenvalue weighted by molar-refractivity contribution is 0.409. The Morgan fingerprint density at radius 3 is 2.91 bits per heavy atom. The van der Waals surface area contributed by atoms with Crippen LogP contribution in [0.1, 0.15) is 16.7 Å². The van der Waals surface area contributed by atoms with Crippen LogP contribution in [-0.2, 0) is 13.0 Å². The number of hydrogen-bond donors (Lipinski definition) is 1. The average molecular weight is 306 g/mol. The van der Waals surface area contributed by atoms with Gasteiger partial charge in [0.1, 0.15) is 11.3 Å². The van der Waals surface area contributed by atoms with Gasteiger partial charge >= 0.3 is 0 Å². The van der Waals surface area contributed by atoms with E-state index in [0.717, 1.165) is 41.8 Å². The van der Waals surface area contributed by atoms with Crippen LogP contribution in [0.25, 0.3) is 11.0 Å². The van der Waals surface area contributed by atoms with E-state index in [1.165, 1.54) is 5.56 Å². The number of nitrogens with zero attached hydrogens (tertiary/aromatic N) is 1. The van der Waals surface area contributed by atoms with Crippen molar-refractivity contribution in [3.05, 3.63) is 65.4 Å². The highest BCUT2D eigenvalue weighted by Gasteiger charge is 2.05. The highest BCUT2D eigenvalue weighted by atomic mass is 16.5. The molecule has 4 nitrogen and oxygen atoms in total. The first-order chi connectivity index (χ1) is 11.3. The van der Waals surface area contributed by atoms with E-state index in [1.807, 2.05) is 30.3 Å². The molecular formula is C19H18N2O2. The predicted octanol–water partition coefficient (Wildman–Crippen LogP) is 3.65. The van der Waals surface area contributed by atoms with E-state index in [-0.39, 0.29) is 0 Å². The van der Waals surface area contributed by atoms with Gasteiger partial charge < -0.3 is 14.5 Å². The number of methoxy groups -OCH3 is 1. The summed E-state index contributed by atoms with van der Waals surface area (Å²) in [5.41, 5.74) is 3.85. The molecule has 0 unspecified atom stereocenters. The second kappa shape index (κ2) is 6.99. The number of hydrogen-bond acceptors (Lipinski definition) is 4. The van der Waals surface area contributed by atoms with Crippen molar-refractivity contribution in [2.45, 2.75) is 13.0 Å². The highest BCUT2D eigenvalue weighted by Crippen LogP contribution is 2.21. The van der Waals surface area contributed by atoms with E-state index in [2.05, 4.69) is 17.5 Å². The molecule has 2 aromatic carbocycles. The number of fused-ring (bicyclic) bond motifs is 1. The lowest BCUT2D eigenvalue weighted by Gasteiger charge is -2.10. The highest BCUT2D eigenvalue weighted by molar-refractivity contribution is 5.80. The fourth-order valence-corrected chi connectivity index (χ4v) is 2.68. The zero-order valence-corrected chi connectivity index (χ0v) is 13.0. The third-order valence-corrected chi connectivity index (χ3v) is 3.89. The molecule has 0 spiro atoms. The van der Waals surface area contributed by atoms with Gasteiger partial charge in [0, 0.05) is 11.9 Å². The Hall–Kier alpha value is -2.77. The minimum atomic E-state index is 0.616. The van der Waals surface area contributed by atoms with Crippen LogP contribution >= 0.6 is 0 Å². The molecule has 3 aromatic rings. The summed E-state index contributed by atoms with van der Waals surface area (Å²) in [5, 5.41) is 13.5. The lowest BCUT2D eigenvalue weighted by Crippen LogP contribution is -2.17. The Labute approximate surface area is 135 Å². The largest absolute Gasteiger partial charge is 0.496 e. The Morgan fingerprint density at radius 1 is 1.17 bits per heavy atom. The monoisotopic (exact) mass is 306 g/mol. The van der Waals surface area contributed by atoms with Gasteiger partial charge in [-0.1, -0.05) is 18.2 Å². The van der Waals surface area contributed by atoms with E-state index >= 15 is 0 Å². The Morgan fingerprint density at radius 2 is 2.09 bits per heavy atom. The van der Waals surface area contributed by atoms with Gasteiger partial charge in [-0.2, -0.15) is 5.26 Å². The molecule has 23 heavy (non-hydrogen) atoms. The van der Waals surface area contributed by atoms with E-state index < -0.39 is 0 Å². The van der Waals surface area contributed by atoms with Crippen LogP contribution in [0.15, 0.2) is 53.1 Å². The first-order valence-corrected chi connectivity index (χ1v) is 7.54. The van der Waals surface area contributed by atoms with Crippen LogP contribution in [0.3, 0.4) is 0 Å². The zero-order valence-electron chi connectivity index (χ0n) is 13.0. The van der Waals surface area contributed by atoms with E-state index in [9.17, 15) is 0 Å². The van der Waals surface area contributed by atoms with Crippen molar-refractivity contribution in [1.29, 1.82) is 5.26 Å². The van der Waals surface area contributed by atoms with Gasteiger partial charge in [0.15, 0.2) is 0 Å². The van der Waals surface area contributed by atoms with Gasteiger partial charge in [0.25, 0.3) is 0 Å². The molecule has 1 N–H and O–H groups in total. The molecule has 0 saturated carbocycles. The number of furan rings is 1. The molecule has 3 rings (SSSR count). The summed E-state index contributed by atoms with van der Waals surface area (Å²) >= 11 is 0. The fourth-order valence-electron chi connectivity index (χ4n) is 2.68. The first kappa shape index (κ1) is 15.1. The molecule has 1 heterocycles. The van der Waals surface area contributed by atoms with Crippen LogP contribution in [0.4, 0.5) is 0 Å². The maximum atomic E-state index is 8.93. The third-order valence-electron chi connectivity index (χ3n) is 3.89. The van der Waals surface area contributed by atoms with Crippen LogP contribution in [0.5, 0.6) is 5.75 Å². The molecule has 0 atom stereocenters. The second-order valence-corrected chi connectivity index (χ2v) is 5.31. The molecule has 0 aliphatic heterocycles. The van der Waals surface area contributed by atoms with E-state index in [4.69, 9.17) is 14.4 Å². The van der Waals surface area contributed by atoms with Crippen molar-refractivity contribution >= 4 is 11.0 Å². The Bertz CT molecular complexity index is 846. The molecule has 0 amide bonds. The quantitative estimate of drug-likeness (QED) is 0.706. The SMILES string of the molecule is COc1cc(C#N)ccc1CCNCc1cccc2occc12. The first-order valence-electron chi connectivity index (χ1n) is 7.54. The second-order valence-electron chi connectivity index (χ2n) is 5.31. The molecule has 0 saturated heterocycles. The summed E-state index contributed by atoms with van der Waals surface area (Å²) in [6, 6.07) is 15.8. The number of nitriles is 1. The van der Waals surface area contributed by atoms with Gasteiger partial charge in [0.2, 0.25) is 0 Å². The summed E-state index contributed by atoms with van der Waals surface area (Å²) in [6.45, 7) is 1.62. The minimum Gasteiger partial charge on any atom is -0.496 e. The van der Waals surface area contributed by atoms with Gasteiger partial charge in [-0.25, -0.2) is 0 Å². The van der Waals surface area contributed by atoms with Gasteiger partial charge in [-0.3, -0.25) is 0 Å². The predicted molar refractivity (Wildman–Crippen MR) is 89.3 cm³/mol. The summed E-state index contributed by atoms with van der Waals surface area (Å²) in [5.74, 6) is 0.766. The lowest BCUT2D eigenvalue weighted by atomic mass is 10.1. The van der Waals surface area contributed by atoms with Crippen molar-refractivity contribution in [3.63, 3.8) is 0 Å². The summed E-state index contributed by atoms with van der Waals surface area (Å²) in [4.78, 5) is 0. The molecule has 4 heteroatoms. The molecule has 0 fully saturated rings. The molecule has 0 aliphatic rings. The Balaban J connectivity index is 1.60. The average Bonchev–Trinajstić information content (AvgIpc) is 3.08. The third kappa shape index (κ3) is 3.36. The van der Waals surface area contributed by atoms with Crippen molar-refractivity contribution in [3.8, 4) is 11.8 Å².